The number of amides is 3. The summed E-state index contributed by atoms with van der Waals surface area (Å²) >= 11 is 0. The molecule has 0 atom stereocenters. The van der Waals surface area contributed by atoms with Crippen LogP contribution < -0.4 is 5.32 Å². The van der Waals surface area contributed by atoms with Crippen LogP contribution in [0.1, 0.15) is 50.2 Å². The first-order chi connectivity index (χ1) is 13.5. The topological polar surface area (TPSA) is 75.7 Å². The highest BCUT2D eigenvalue weighted by Crippen LogP contribution is 2.24. The van der Waals surface area contributed by atoms with Crippen molar-refractivity contribution in [3.05, 3.63) is 70.3 Å². The quantitative estimate of drug-likeness (QED) is 0.715. The minimum absolute atomic E-state index is 0.111. The highest BCUT2D eigenvalue weighted by molar-refractivity contribution is 6.21. The second kappa shape index (κ2) is 8.80. The van der Waals surface area contributed by atoms with Crippen LogP contribution in [0.5, 0.6) is 0 Å². The summed E-state index contributed by atoms with van der Waals surface area (Å²) < 4.78 is 5.17. The van der Waals surface area contributed by atoms with Gasteiger partial charge in [-0.25, -0.2) is 0 Å². The largest absolute Gasteiger partial charge is 0.380 e. The lowest BCUT2D eigenvalue weighted by Crippen LogP contribution is -2.32. The maximum atomic E-state index is 12.4. The molecule has 0 bridgehead atoms. The Bertz CT molecular complexity index is 907. The van der Waals surface area contributed by atoms with Gasteiger partial charge < -0.3 is 10.1 Å². The van der Waals surface area contributed by atoms with E-state index in [1.165, 1.54) is 4.90 Å². The Morgan fingerprint density at radius 1 is 1.04 bits per heavy atom. The molecule has 28 heavy (non-hydrogen) atoms. The van der Waals surface area contributed by atoms with Gasteiger partial charge in [0.15, 0.2) is 0 Å². The van der Waals surface area contributed by atoms with E-state index in [1.807, 2.05) is 37.3 Å². The van der Waals surface area contributed by atoms with Gasteiger partial charge in [-0.15, -0.1) is 0 Å². The van der Waals surface area contributed by atoms with Crippen LogP contribution in [0.2, 0.25) is 0 Å². The Balaban J connectivity index is 1.49. The predicted molar refractivity (Wildman–Crippen MR) is 105 cm³/mol. The molecular weight excluding hydrogens is 356 g/mol. The van der Waals surface area contributed by atoms with Gasteiger partial charge in [0.1, 0.15) is 0 Å². The molecule has 146 valence electrons. The number of hydrogen-bond donors (Lipinski definition) is 1. The van der Waals surface area contributed by atoms with Gasteiger partial charge in [-0.2, -0.15) is 0 Å². The molecule has 0 unspecified atom stereocenters. The number of fused-ring (bicyclic) bond motifs is 1. The number of rotatable bonds is 8. The van der Waals surface area contributed by atoms with E-state index >= 15 is 0 Å². The standard InChI is InChI=1S/C22H24N2O4/c1-15-9-10-18-19(12-15)22(27)24(21(18)26)11-5-8-20(25)23-13-16-6-3-4-7-17(16)14-28-2/h3-4,6-7,9-10,12H,5,8,11,13-14H2,1-2H3,(H,23,25). The fraction of sp³-hybridized carbons (Fsp3) is 0.318. The Morgan fingerprint density at radius 2 is 1.75 bits per heavy atom. The summed E-state index contributed by atoms with van der Waals surface area (Å²) in [6.07, 6.45) is 0.675. The zero-order chi connectivity index (χ0) is 20.1. The SMILES string of the molecule is COCc1ccccc1CNC(=O)CCCN1C(=O)c2ccc(C)cc2C1=O. The Kier molecular flexibility index (Phi) is 6.21. The van der Waals surface area contributed by atoms with Crippen molar-refractivity contribution in [1.82, 2.24) is 10.2 Å². The fourth-order valence-electron chi connectivity index (χ4n) is 3.31. The molecule has 6 heteroatoms. The Labute approximate surface area is 164 Å². The van der Waals surface area contributed by atoms with E-state index < -0.39 is 0 Å². The zero-order valence-electron chi connectivity index (χ0n) is 16.2. The van der Waals surface area contributed by atoms with Gasteiger partial charge in [0.25, 0.3) is 11.8 Å². The summed E-state index contributed by atoms with van der Waals surface area (Å²) in [6.45, 7) is 3.03. The number of nitrogens with one attached hydrogen (secondary N) is 1. The number of aryl methyl sites for hydroxylation is 1. The summed E-state index contributed by atoms with van der Waals surface area (Å²) in [7, 11) is 1.63. The molecule has 0 aromatic heterocycles. The number of hydrogen-bond acceptors (Lipinski definition) is 4. The van der Waals surface area contributed by atoms with E-state index in [-0.39, 0.29) is 30.7 Å². The predicted octanol–water partition coefficient (Wildman–Crippen LogP) is 2.83. The first-order valence-electron chi connectivity index (χ1n) is 9.30. The fourth-order valence-corrected chi connectivity index (χ4v) is 3.31. The van der Waals surface area contributed by atoms with Crippen molar-refractivity contribution >= 4 is 17.7 Å². The second-order valence-electron chi connectivity index (χ2n) is 6.89. The van der Waals surface area contributed by atoms with E-state index in [2.05, 4.69) is 5.32 Å². The van der Waals surface area contributed by atoms with Crippen LogP contribution in [0.25, 0.3) is 0 Å². The molecule has 3 rings (SSSR count). The van der Waals surface area contributed by atoms with Crippen LogP contribution in [-0.4, -0.2) is 36.3 Å². The van der Waals surface area contributed by atoms with E-state index in [0.717, 1.165) is 16.7 Å². The molecule has 0 spiro atoms. The minimum atomic E-state index is -0.283. The highest BCUT2D eigenvalue weighted by atomic mass is 16.5. The number of ether oxygens (including phenoxy) is 1. The average molecular weight is 380 g/mol. The van der Waals surface area contributed by atoms with Crippen molar-refractivity contribution < 1.29 is 19.1 Å². The third-order valence-corrected chi connectivity index (χ3v) is 4.81. The number of imide groups is 1. The molecule has 1 N–H and O–H groups in total. The molecular formula is C22H24N2O4. The molecule has 0 saturated carbocycles. The highest BCUT2D eigenvalue weighted by Gasteiger charge is 2.34. The smallest absolute Gasteiger partial charge is 0.261 e. The van der Waals surface area contributed by atoms with Crippen molar-refractivity contribution in [3.63, 3.8) is 0 Å². The molecule has 0 aliphatic carbocycles. The lowest BCUT2D eigenvalue weighted by molar-refractivity contribution is -0.121. The summed E-state index contributed by atoms with van der Waals surface area (Å²) in [5.74, 6) is -0.675. The molecule has 3 amide bonds. The van der Waals surface area contributed by atoms with E-state index in [4.69, 9.17) is 4.74 Å². The molecule has 2 aromatic carbocycles. The maximum Gasteiger partial charge on any atom is 0.261 e. The molecule has 1 aliphatic heterocycles. The van der Waals surface area contributed by atoms with E-state index in [0.29, 0.717) is 30.7 Å². The van der Waals surface area contributed by atoms with Crippen molar-refractivity contribution in [3.8, 4) is 0 Å². The van der Waals surface area contributed by atoms with Crippen molar-refractivity contribution in [2.24, 2.45) is 0 Å². The van der Waals surface area contributed by atoms with Crippen molar-refractivity contribution in [2.45, 2.75) is 32.9 Å². The summed E-state index contributed by atoms with van der Waals surface area (Å²) in [5, 5.41) is 2.89. The number of nitrogens with zero attached hydrogens (tertiary/aromatic N) is 1. The van der Waals surface area contributed by atoms with Crippen LogP contribution in [0.4, 0.5) is 0 Å². The number of benzene rings is 2. The molecule has 1 heterocycles. The molecule has 2 aromatic rings. The Morgan fingerprint density at radius 3 is 2.50 bits per heavy atom. The Hall–Kier alpha value is -2.99. The van der Waals surface area contributed by atoms with Crippen LogP contribution in [0.3, 0.4) is 0 Å². The van der Waals surface area contributed by atoms with Gasteiger partial charge in [0, 0.05) is 26.6 Å². The molecule has 0 fully saturated rings. The lowest BCUT2D eigenvalue weighted by Gasteiger charge is -2.14. The molecule has 6 nitrogen and oxygen atoms in total. The van der Waals surface area contributed by atoms with Crippen LogP contribution in [0.15, 0.2) is 42.5 Å². The number of carbonyl (C=O) groups is 3. The van der Waals surface area contributed by atoms with Gasteiger partial charge in [-0.3, -0.25) is 19.3 Å². The van der Waals surface area contributed by atoms with E-state index in [1.54, 1.807) is 19.2 Å². The second-order valence-corrected chi connectivity index (χ2v) is 6.89. The van der Waals surface area contributed by atoms with E-state index in [9.17, 15) is 14.4 Å². The summed E-state index contributed by atoms with van der Waals surface area (Å²) in [4.78, 5) is 38.2. The molecule has 0 saturated heterocycles. The normalized spacial score (nSPS) is 13.0. The van der Waals surface area contributed by atoms with Gasteiger partial charge in [0.2, 0.25) is 5.91 Å². The van der Waals surface area contributed by atoms with Gasteiger partial charge in [0.05, 0.1) is 17.7 Å². The summed E-state index contributed by atoms with van der Waals surface area (Å²) in [5.41, 5.74) is 3.87. The summed E-state index contributed by atoms with van der Waals surface area (Å²) in [6, 6.07) is 13.0. The van der Waals surface area contributed by atoms with Gasteiger partial charge in [-0.1, -0.05) is 35.9 Å². The zero-order valence-corrected chi connectivity index (χ0v) is 16.2. The van der Waals surface area contributed by atoms with Crippen LogP contribution in [-0.2, 0) is 22.7 Å². The monoisotopic (exact) mass is 380 g/mol. The van der Waals surface area contributed by atoms with Crippen LogP contribution in [0, 0.1) is 6.92 Å². The van der Waals surface area contributed by atoms with Crippen LogP contribution >= 0.6 is 0 Å². The number of carbonyl (C=O) groups excluding carboxylic acids is 3. The first-order valence-corrected chi connectivity index (χ1v) is 9.30. The van der Waals surface area contributed by atoms with Gasteiger partial charge in [-0.05, 0) is 36.6 Å². The number of methoxy groups -OCH3 is 1. The third-order valence-electron chi connectivity index (χ3n) is 4.81. The maximum absolute atomic E-state index is 12.4. The molecule has 0 radical (unpaired) electrons. The van der Waals surface area contributed by atoms with Crippen molar-refractivity contribution in [2.75, 3.05) is 13.7 Å². The first kappa shape index (κ1) is 19.8. The molecule has 1 aliphatic rings. The third kappa shape index (κ3) is 4.28. The van der Waals surface area contributed by atoms with Crippen molar-refractivity contribution in [1.29, 1.82) is 0 Å². The lowest BCUT2D eigenvalue weighted by atomic mass is 10.1. The minimum Gasteiger partial charge on any atom is -0.380 e. The average Bonchev–Trinajstić information content (AvgIpc) is 2.92. The van der Waals surface area contributed by atoms with Gasteiger partial charge >= 0.3 is 0 Å².